The molecule has 0 N–H and O–H groups in total. The van der Waals surface area contributed by atoms with E-state index in [9.17, 15) is 9.18 Å². The summed E-state index contributed by atoms with van der Waals surface area (Å²) in [6.45, 7) is 1.67. The van der Waals surface area contributed by atoms with Crippen LogP contribution in [0.15, 0.2) is 18.2 Å². The molecule has 0 saturated carbocycles. The first kappa shape index (κ1) is 9.99. The van der Waals surface area contributed by atoms with Crippen LogP contribution in [0, 0.1) is 5.82 Å². The molecule has 0 bridgehead atoms. The molecule has 13 heavy (non-hydrogen) atoms. The number of hydrogen-bond acceptors (Lipinski definition) is 2. The van der Waals surface area contributed by atoms with Crippen molar-refractivity contribution in [3.8, 4) is 5.75 Å². The Kier molecular flexibility index (Phi) is 3.25. The van der Waals surface area contributed by atoms with E-state index >= 15 is 0 Å². The largest absolute Gasteiger partial charge is 0.425 e. The molecule has 0 aliphatic heterocycles. The fourth-order valence-corrected chi connectivity index (χ4v) is 0.959. The summed E-state index contributed by atoms with van der Waals surface area (Å²) in [5.41, 5.74) is 0. The van der Waals surface area contributed by atoms with Crippen LogP contribution in [-0.4, -0.2) is 5.97 Å². The van der Waals surface area contributed by atoms with Crippen molar-refractivity contribution in [3.05, 3.63) is 29.0 Å². The quantitative estimate of drug-likeness (QED) is 0.545. The zero-order valence-electron chi connectivity index (χ0n) is 7.01. The number of rotatable bonds is 2. The monoisotopic (exact) mass is 202 g/mol. The Labute approximate surface area is 80.3 Å². The lowest BCUT2D eigenvalue weighted by atomic mass is 10.3. The van der Waals surface area contributed by atoms with E-state index in [-0.39, 0.29) is 17.2 Å². The Morgan fingerprint density at radius 3 is 2.85 bits per heavy atom. The van der Waals surface area contributed by atoms with E-state index in [2.05, 4.69) is 0 Å². The number of benzene rings is 1. The van der Waals surface area contributed by atoms with Gasteiger partial charge in [0.25, 0.3) is 0 Å². The molecule has 0 radical (unpaired) electrons. The zero-order chi connectivity index (χ0) is 9.84. The predicted octanol–water partition coefficient (Wildman–Crippen LogP) is 2.79. The minimum absolute atomic E-state index is 0.0989. The molecule has 1 rings (SSSR count). The molecule has 0 fully saturated rings. The molecule has 0 heterocycles. The molecule has 0 aromatic heterocycles. The second-order valence-corrected chi connectivity index (χ2v) is 2.81. The molecular formula is C9H8ClFO2. The summed E-state index contributed by atoms with van der Waals surface area (Å²) < 4.78 is 17.4. The van der Waals surface area contributed by atoms with Gasteiger partial charge in [-0.1, -0.05) is 18.5 Å². The summed E-state index contributed by atoms with van der Waals surface area (Å²) in [5, 5.41) is 0.0989. The Hall–Kier alpha value is -1.09. The summed E-state index contributed by atoms with van der Waals surface area (Å²) in [7, 11) is 0. The molecule has 4 heteroatoms. The van der Waals surface area contributed by atoms with Gasteiger partial charge in [-0.05, 0) is 18.2 Å². The molecule has 70 valence electrons. The highest BCUT2D eigenvalue weighted by atomic mass is 35.5. The number of halogens is 2. The molecule has 0 aliphatic rings. The van der Waals surface area contributed by atoms with Gasteiger partial charge in [0.15, 0.2) is 0 Å². The lowest BCUT2D eigenvalue weighted by molar-refractivity contribution is -0.134. The van der Waals surface area contributed by atoms with Crippen LogP contribution in [-0.2, 0) is 4.79 Å². The van der Waals surface area contributed by atoms with Gasteiger partial charge in [0.2, 0.25) is 0 Å². The van der Waals surface area contributed by atoms with Crippen LogP contribution in [0.3, 0.4) is 0 Å². The molecule has 0 saturated heterocycles. The molecule has 0 unspecified atom stereocenters. The number of hydrogen-bond donors (Lipinski definition) is 0. The van der Waals surface area contributed by atoms with Crippen LogP contribution in [0.25, 0.3) is 0 Å². The van der Waals surface area contributed by atoms with E-state index in [0.717, 1.165) is 6.07 Å². The molecule has 1 aromatic rings. The Morgan fingerprint density at radius 1 is 1.62 bits per heavy atom. The van der Waals surface area contributed by atoms with Crippen molar-refractivity contribution < 1.29 is 13.9 Å². The van der Waals surface area contributed by atoms with Crippen LogP contribution in [0.2, 0.25) is 5.02 Å². The maximum atomic E-state index is 12.5. The third-order valence-electron chi connectivity index (χ3n) is 1.41. The van der Waals surface area contributed by atoms with Crippen LogP contribution in [0.1, 0.15) is 13.3 Å². The van der Waals surface area contributed by atoms with Gasteiger partial charge < -0.3 is 4.74 Å². The van der Waals surface area contributed by atoms with Gasteiger partial charge in [0, 0.05) is 6.42 Å². The standard InChI is InChI=1S/C9H8ClFO2/c1-2-9(12)13-8-4-3-6(11)5-7(8)10/h3-5H,2H2,1H3. The summed E-state index contributed by atoms with van der Waals surface area (Å²) in [6.07, 6.45) is 0.258. The highest BCUT2D eigenvalue weighted by molar-refractivity contribution is 6.32. The fraction of sp³-hybridized carbons (Fsp3) is 0.222. The summed E-state index contributed by atoms with van der Waals surface area (Å²) in [4.78, 5) is 10.8. The smallest absolute Gasteiger partial charge is 0.310 e. The van der Waals surface area contributed by atoms with Gasteiger partial charge >= 0.3 is 5.97 Å². The van der Waals surface area contributed by atoms with Gasteiger partial charge in [-0.2, -0.15) is 0 Å². The third-order valence-corrected chi connectivity index (χ3v) is 1.70. The van der Waals surface area contributed by atoms with Crippen LogP contribution in [0.5, 0.6) is 5.75 Å². The molecule has 0 spiro atoms. The maximum Gasteiger partial charge on any atom is 0.310 e. The van der Waals surface area contributed by atoms with E-state index in [1.807, 2.05) is 0 Å². The molecular weight excluding hydrogens is 195 g/mol. The topological polar surface area (TPSA) is 26.3 Å². The number of esters is 1. The molecule has 0 aliphatic carbocycles. The lowest BCUT2D eigenvalue weighted by Gasteiger charge is -2.03. The first-order chi connectivity index (χ1) is 6.13. The maximum absolute atomic E-state index is 12.5. The predicted molar refractivity (Wildman–Crippen MR) is 47.3 cm³/mol. The van der Waals surface area contributed by atoms with E-state index in [1.54, 1.807) is 6.92 Å². The SMILES string of the molecule is CCC(=O)Oc1ccc(F)cc1Cl. The molecule has 1 aromatic carbocycles. The number of ether oxygens (including phenoxy) is 1. The summed E-state index contributed by atoms with van der Waals surface area (Å²) in [5.74, 6) is -0.662. The van der Waals surface area contributed by atoms with E-state index in [4.69, 9.17) is 16.3 Å². The Morgan fingerprint density at radius 2 is 2.31 bits per heavy atom. The van der Waals surface area contributed by atoms with Crippen molar-refractivity contribution in [1.29, 1.82) is 0 Å². The van der Waals surface area contributed by atoms with Crippen LogP contribution in [0.4, 0.5) is 4.39 Å². The summed E-state index contributed by atoms with van der Waals surface area (Å²) in [6, 6.07) is 3.61. The Balaban J connectivity index is 2.83. The Bertz CT molecular complexity index is 325. The summed E-state index contributed by atoms with van der Waals surface area (Å²) >= 11 is 5.61. The van der Waals surface area contributed by atoms with Gasteiger partial charge in [0.1, 0.15) is 11.6 Å². The van der Waals surface area contributed by atoms with Crippen molar-refractivity contribution >= 4 is 17.6 Å². The highest BCUT2D eigenvalue weighted by Gasteiger charge is 2.06. The van der Waals surface area contributed by atoms with Gasteiger partial charge in [-0.15, -0.1) is 0 Å². The normalized spacial score (nSPS) is 9.77. The average Bonchev–Trinajstić information content (AvgIpc) is 2.09. The first-order valence-electron chi connectivity index (χ1n) is 3.79. The van der Waals surface area contributed by atoms with Crippen molar-refractivity contribution in [2.45, 2.75) is 13.3 Å². The zero-order valence-corrected chi connectivity index (χ0v) is 7.77. The van der Waals surface area contributed by atoms with Crippen LogP contribution < -0.4 is 4.74 Å². The number of carbonyl (C=O) groups is 1. The molecule has 2 nitrogen and oxygen atoms in total. The van der Waals surface area contributed by atoms with Gasteiger partial charge in [0.05, 0.1) is 5.02 Å². The van der Waals surface area contributed by atoms with Crippen molar-refractivity contribution in [3.63, 3.8) is 0 Å². The van der Waals surface area contributed by atoms with E-state index in [1.165, 1.54) is 12.1 Å². The van der Waals surface area contributed by atoms with Crippen molar-refractivity contribution in [1.82, 2.24) is 0 Å². The minimum Gasteiger partial charge on any atom is -0.425 e. The van der Waals surface area contributed by atoms with E-state index in [0.29, 0.717) is 0 Å². The fourth-order valence-electron chi connectivity index (χ4n) is 0.753. The minimum atomic E-state index is -0.457. The number of carbonyl (C=O) groups excluding carboxylic acids is 1. The van der Waals surface area contributed by atoms with Crippen molar-refractivity contribution in [2.24, 2.45) is 0 Å². The average molecular weight is 203 g/mol. The van der Waals surface area contributed by atoms with Crippen molar-refractivity contribution in [2.75, 3.05) is 0 Å². The first-order valence-corrected chi connectivity index (χ1v) is 4.17. The van der Waals surface area contributed by atoms with Crippen LogP contribution >= 0.6 is 11.6 Å². The molecule has 0 atom stereocenters. The third kappa shape index (κ3) is 2.70. The second-order valence-electron chi connectivity index (χ2n) is 2.40. The lowest BCUT2D eigenvalue weighted by Crippen LogP contribution is -2.05. The van der Waals surface area contributed by atoms with E-state index < -0.39 is 11.8 Å². The second kappa shape index (κ2) is 4.23. The van der Waals surface area contributed by atoms with Gasteiger partial charge in [-0.3, -0.25) is 4.79 Å². The highest BCUT2D eigenvalue weighted by Crippen LogP contribution is 2.24. The molecule has 0 amide bonds. The van der Waals surface area contributed by atoms with Gasteiger partial charge in [-0.25, -0.2) is 4.39 Å².